The van der Waals surface area contributed by atoms with Gasteiger partial charge in [-0.1, -0.05) is 182 Å². The first-order chi connectivity index (χ1) is 40.3. The molecule has 0 bridgehead atoms. The van der Waals surface area contributed by atoms with E-state index < -0.39 is 114 Å². The van der Waals surface area contributed by atoms with E-state index in [0.29, 0.717) is 16.7 Å². The van der Waals surface area contributed by atoms with Crippen LogP contribution in [0, 0.1) is 0 Å². The standard InChI is InChI=1S/C62H46F5NO9S5/c63-78-56-47(33-50(73-36-42-23-11-3-12-24-42)53(75-38-44-27-15-5-16-28-44)55(56)76-39-45-29-17-6-18-30-45)62(70)77-54-51(57(79-64)59(81-66)60(82-67)58(54)80-65)68-61(69)46-31-48(71-34-40-19-7-1-8-20-40)52(74-37-43-25-13-4-14-26-43)49(32-46)72-35-41-21-9-2-10-22-41/h1-33H,34-39H2,(H,68,69). The molecule has 1 amide bonds. The number of rotatable bonds is 27. The largest absolute Gasteiger partial charge is 0.485 e. The van der Waals surface area contributed by atoms with Crippen LogP contribution >= 0.6 is 60.7 Å². The van der Waals surface area contributed by atoms with Crippen LogP contribution in [0.1, 0.15) is 54.1 Å². The second-order valence-corrected chi connectivity index (χ2v) is 20.4. The Morgan fingerprint density at radius 3 is 1.02 bits per heavy atom. The van der Waals surface area contributed by atoms with E-state index in [0.717, 1.165) is 22.8 Å². The van der Waals surface area contributed by atoms with Crippen LogP contribution in [-0.4, -0.2) is 11.9 Å². The van der Waals surface area contributed by atoms with Crippen LogP contribution in [0.25, 0.3) is 0 Å². The first-order valence-electron chi connectivity index (χ1n) is 24.9. The Hall–Kier alpha value is -7.88. The zero-order valence-corrected chi connectivity index (χ0v) is 47.0. The average molecular weight is 1200 g/mol. The van der Waals surface area contributed by atoms with Gasteiger partial charge in [0.05, 0.1) is 81.0 Å². The number of carbonyl (C=O) groups excluding carboxylic acids is 2. The molecule has 0 aliphatic carbocycles. The summed E-state index contributed by atoms with van der Waals surface area (Å²) in [6.45, 7) is -0.307. The SMILES string of the molecule is O=C(Nc1c(OC(=O)c2cc(OCc3ccccc3)c(OCc3ccccc3)c(OCc3ccccc3)c2SF)c(SF)c(SF)c(SF)c1SF)c1cc(OCc2ccccc2)c(OCc2ccccc2)c(OCc2ccccc2)c1. The second-order valence-electron chi connectivity index (χ2n) is 17.6. The smallest absolute Gasteiger partial charge is 0.345 e. The van der Waals surface area contributed by atoms with E-state index in [4.69, 9.17) is 33.2 Å². The molecule has 0 radical (unpaired) electrons. The first kappa shape index (κ1) is 58.8. The highest BCUT2D eigenvalue weighted by Crippen LogP contribution is 2.56. The number of carbonyl (C=O) groups is 2. The lowest BCUT2D eigenvalue weighted by Gasteiger charge is -2.23. The summed E-state index contributed by atoms with van der Waals surface area (Å²) in [6, 6.07) is 58.1. The Morgan fingerprint density at radius 1 is 0.341 bits per heavy atom. The minimum absolute atomic E-state index is 0.0116. The predicted octanol–water partition coefficient (Wildman–Crippen LogP) is 18.5. The molecule has 82 heavy (non-hydrogen) atoms. The van der Waals surface area contributed by atoms with E-state index in [1.54, 1.807) is 78.9 Å². The molecule has 0 fully saturated rings. The molecule has 9 aromatic carbocycles. The van der Waals surface area contributed by atoms with Gasteiger partial charge in [-0.05, 0) is 45.5 Å². The molecule has 0 atom stereocenters. The van der Waals surface area contributed by atoms with Crippen LogP contribution in [0.15, 0.2) is 225 Å². The fourth-order valence-electron chi connectivity index (χ4n) is 8.13. The topological polar surface area (TPSA) is 111 Å². The van der Waals surface area contributed by atoms with Crippen molar-refractivity contribution in [1.82, 2.24) is 0 Å². The lowest BCUT2D eigenvalue weighted by atomic mass is 10.1. The molecule has 0 saturated heterocycles. The molecule has 10 nitrogen and oxygen atoms in total. The highest BCUT2D eigenvalue weighted by atomic mass is 32.2. The third-order valence-corrected chi connectivity index (χ3v) is 15.3. The summed E-state index contributed by atoms with van der Waals surface area (Å²) in [4.78, 5) is 26.1. The summed E-state index contributed by atoms with van der Waals surface area (Å²) in [5.41, 5.74) is 2.74. The monoisotopic (exact) mass is 1200 g/mol. The van der Waals surface area contributed by atoms with E-state index in [1.807, 2.05) is 103 Å². The maximum absolute atomic E-state index is 15.9. The van der Waals surface area contributed by atoms with Gasteiger partial charge in [0, 0.05) is 11.6 Å². The van der Waals surface area contributed by atoms with Gasteiger partial charge in [0.15, 0.2) is 28.7 Å². The number of hydrogen-bond donors (Lipinski definition) is 1. The Balaban J connectivity index is 1.16. The van der Waals surface area contributed by atoms with Crippen molar-refractivity contribution in [1.29, 1.82) is 0 Å². The molecule has 0 unspecified atom stereocenters. The van der Waals surface area contributed by atoms with E-state index in [-0.39, 0.29) is 79.7 Å². The molecule has 20 heteroatoms. The van der Waals surface area contributed by atoms with Crippen LogP contribution < -0.4 is 38.5 Å². The van der Waals surface area contributed by atoms with Crippen LogP contribution in [-0.2, 0) is 39.6 Å². The van der Waals surface area contributed by atoms with Gasteiger partial charge in [0.1, 0.15) is 55.1 Å². The molecule has 9 aromatic rings. The van der Waals surface area contributed by atoms with Crippen molar-refractivity contribution in [3.8, 4) is 40.2 Å². The van der Waals surface area contributed by atoms with Gasteiger partial charge in [-0.25, -0.2) is 4.79 Å². The highest BCUT2D eigenvalue weighted by molar-refractivity contribution is 8.00. The van der Waals surface area contributed by atoms with Crippen molar-refractivity contribution in [2.75, 3.05) is 5.32 Å². The van der Waals surface area contributed by atoms with Crippen LogP contribution in [0.3, 0.4) is 0 Å². The molecule has 0 aliphatic rings. The Labute approximate surface area is 491 Å². The highest BCUT2D eigenvalue weighted by Gasteiger charge is 2.34. The van der Waals surface area contributed by atoms with Crippen molar-refractivity contribution in [2.24, 2.45) is 0 Å². The Morgan fingerprint density at radius 2 is 0.659 bits per heavy atom. The number of anilines is 1. The summed E-state index contributed by atoms with van der Waals surface area (Å²) >= 11 is -3.06. The zero-order valence-electron chi connectivity index (χ0n) is 42.9. The van der Waals surface area contributed by atoms with Crippen molar-refractivity contribution in [2.45, 2.75) is 64.1 Å². The summed E-state index contributed by atoms with van der Waals surface area (Å²) < 4.78 is 121. The van der Waals surface area contributed by atoms with Crippen LogP contribution in [0.4, 0.5) is 25.1 Å². The first-order valence-corrected chi connectivity index (χ1v) is 28.5. The predicted molar refractivity (Wildman–Crippen MR) is 312 cm³/mol. The summed E-state index contributed by atoms with van der Waals surface area (Å²) in [5, 5.41) is 2.48. The summed E-state index contributed by atoms with van der Waals surface area (Å²) in [6.07, 6.45) is 0. The fraction of sp³-hybridized carbons (Fsp3) is 0.0968. The maximum Gasteiger partial charge on any atom is 0.345 e. The third kappa shape index (κ3) is 15.0. The van der Waals surface area contributed by atoms with E-state index >= 15 is 24.2 Å². The third-order valence-electron chi connectivity index (χ3n) is 12.1. The zero-order chi connectivity index (χ0) is 57.0. The molecule has 0 aromatic heterocycles. The molecule has 9 rings (SSSR count). The number of hydrogen-bond acceptors (Lipinski definition) is 14. The molecular formula is C62H46F5NO9S5. The Kier molecular flexibility index (Phi) is 21.3. The lowest BCUT2D eigenvalue weighted by molar-refractivity contribution is 0.0723. The van der Waals surface area contributed by atoms with Crippen molar-refractivity contribution >= 4 is 78.3 Å². The molecule has 0 aliphatic heterocycles. The summed E-state index contributed by atoms with van der Waals surface area (Å²) in [5.74, 6) is -3.87. The molecule has 418 valence electrons. The van der Waals surface area contributed by atoms with Gasteiger partial charge in [0.25, 0.3) is 5.91 Å². The minimum Gasteiger partial charge on any atom is -0.485 e. The lowest BCUT2D eigenvalue weighted by Crippen LogP contribution is -2.18. The quantitative estimate of drug-likeness (QED) is 0.0300. The number of esters is 1. The van der Waals surface area contributed by atoms with Crippen LogP contribution in [0.5, 0.6) is 40.2 Å². The molecule has 1 N–H and O–H groups in total. The molecule has 0 spiro atoms. The normalized spacial score (nSPS) is 10.9. The van der Waals surface area contributed by atoms with Crippen molar-refractivity contribution in [3.05, 3.63) is 245 Å². The van der Waals surface area contributed by atoms with Gasteiger partial charge in [0.2, 0.25) is 11.5 Å². The minimum atomic E-state index is -1.45. The fourth-order valence-corrected chi connectivity index (χ4v) is 10.7. The number of halogens is 5. The van der Waals surface area contributed by atoms with E-state index in [9.17, 15) is 4.79 Å². The second kappa shape index (κ2) is 29.7. The number of nitrogens with one attached hydrogen (secondary N) is 1. The van der Waals surface area contributed by atoms with E-state index in [1.165, 1.54) is 12.1 Å². The van der Waals surface area contributed by atoms with Gasteiger partial charge < -0.3 is 38.5 Å². The molecule has 0 heterocycles. The average Bonchev–Trinajstić information content (AvgIpc) is 3.53. The number of benzene rings is 9. The van der Waals surface area contributed by atoms with Crippen molar-refractivity contribution < 1.29 is 62.2 Å². The van der Waals surface area contributed by atoms with Gasteiger partial charge in [-0.15, -0.1) is 0 Å². The number of ether oxygens (including phenoxy) is 7. The van der Waals surface area contributed by atoms with Crippen LogP contribution in [0.2, 0.25) is 0 Å². The van der Waals surface area contributed by atoms with Crippen molar-refractivity contribution in [3.63, 3.8) is 0 Å². The Bertz CT molecular complexity index is 3510. The maximum atomic E-state index is 15.9. The number of amides is 1. The summed E-state index contributed by atoms with van der Waals surface area (Å²) in [7, 11) is 0. The molecular weight excluding hydrogens is 1160 g/mol. The van der Waals surface area contributed by atoms with Gasteiger partial charge >= 0.3 is 5.97 Å². The van der Waals surface area contributed by atoms with Gasteiger partial charge in [-0.3, -0.25) is 4.79 Å². The van der Waals surface area contributed by atoms with Gasteiger partial charge in [-0.2, -0.15) is 19.4 Å². The molecule has 0 saturated carbocycles. The van der Waals surface area contributed by atoms with E-state index in [2.05, 4.69) is 5.32 Å².